The predicted octanol–water partition coefficient (Wildman–Crippen LogP) is 1.02. The molecule has 0 spiro atoms. The van der Waals surface area contributed by atoms with Gasteiger partial charge in [-0.3, -0.25) is 14.9 Å². The second-order valence-electron chi connectivity index (χ2n) is 4.87. The van der Waals surface area contributed by atoms with Crippen LogP contribution in [0, 0.1) is 10.1 Å². The van der Waals surface area contributed by atoms with E-state index in [1.54, 1.807) is 13.8 Å². The molecular formula is C12H17N3O4. The number of nitrogens with zero attached hydrogens (tertiary/aromatic N) is 2. The van der Waals surface area contributed by atoms with Crippen molar-refractivity contribution >= 4 is 17.3 Å². The SMILES string of the molecule is CN(C(=O)c1ccc(N)c([N+](=O)[O-])c1)C(C)(C)CO. The lowest BCUT2D eigenvalue weighted by Gasteiger charge is -2.33. The molecule has 3 N–H and O–H groups in total. The quantitative estimate of drug-likeness (QED) is 0.481. The van der Waals surface area contributed by atoms with Crippen LogP contribution in [0.5, 0.6) is 0 Å². The molecule has 0 fully saturated rings. The molecule has 0 aromatic heterocycles. The Bertz CT molecular complexity index is 514. The molecule has 1 aromatic carbocycles. The second kappa shape index (κ2) is 5.23. The van der Waals surface area contributed by atoms with Crippen LogP contribution in [0.25, 0.3) is 0 Å². The van der Waals surface area contributed by atoms with E-state index in [1.807, 2.05) is 0 Å². The van der Waals surface area contributed by atoms with Gasteiger partial charge in [-0.25, -0.2) is 0 Å². The lowest BCUT2D eigenvalue weighted by atomic mass is 10.0. The molecule has 7 heteroatoms. The monoisotopic (exact) mass is 267 g/mol. The molecule has 19 heavy (non-hydrogen) atoms. The molecule has 1 aromatic rings. The molecule has 0 unspecified atom stereocenters. The summed E-state index contributed by atoms with van der Waals surface area (Å²) in [7, 11) is 1.53. The molecule has 0 atom stereocenters. The summed E-state index contributed by atoms with van der Waals surface area (Å²) >= 11 is 0. The van der Waals surface area contributed by atoms with Gasteiger partial charge in [-0.05, 0) is 26.0 Å². The summed E-state index contributed by atoms with van der Waals surface area (Å²) in [6.07, 6.45) is 0. The van der Waals surface area contributed by atoms with Gasteiger partial charge in [0.25, 0.3) is 11.6 Å². The normalized spacial score (nSPS) is 11.2. The molecule has 104 valence electrons. The van der Waals surface area contributed by atoms with Gasteiger partial charge in [-0.15, -0.1) is 0 Å². The Morgan fingerprint density at radius 2 is 2.11 bits per heavy atom. The van der Waals surface area contributed by atoms with Crippen LogP contribution in [0.3, 0.4) is 0 Å². The fourth-order valence-electron chi connectivity index (χ4n) is 1.41. The molecule has 0 bridgehead atoms. The van der Waals surface area contributed by atoms with Gasteiger partial charge in [0, 0.05) is 18.7 Å². The number of hydrogen-bond acceptors (Lipinski definition) is 5. The zero-order valence-corrected chi connectivity index (χ0v) is 11.1. The number of nitrogens with two attached hydrogens (primary N) is 1. The number of rotatable bonds is 4. The molecule has 0 saturated carbocycles. The standard InChI is InChI=1S/C12H17N3O4/c1-12(2,7-16)14(3)11(17)8-4-5-9(13)10(6-8)15(18)19/h4-6,16H,7,13H2,1-3H3. The number of benzene rings is 1. The number of anilines is 1. The Morgan fingerprint density at radius 3 is 2.58 bits per heavy atom. The summed E-state index contributed by atoms with van der Waals surface area (Å²) in [6.45, 7) is 3.17. The molecule has 0 radical (unpaired) electrons. The summed E-state index contributed by atoms with van der Waals surface area (Å²) in [5.41, 5.74) is 4.57. The highest BCUT2D eigenvalue weighted by Crippen LogP contribution is 2.24. The van der Waals surface area contributed by atoms with Crippen LogP contribution in [0.4, 0.5) is 11.4 Å². The third-order valence-electron chi connectivity index (χ3n) is 3.07. The lowest BCUT2D eigenvalue weighted by molar-refractivity contribution is -0.383. The van der Waals surface area contributed by atoms with E-state index in [4.69, 9.17) is 5.73 Å². The molecule has 0 aliphatic heterocycles. The van der Waals surface area contributed by atoms with Crippen molar-refractivity contribution < 1.29 is 14.8 Å². The highest BCUT2D eigenvalue weighted by atomic mass is 16.6. The fourth-order valence-corrected chi connectivity index (χ4v) is 1.41. The summed E-state index contributed by atoms with van der Waals surface area (Å²) in [5, 5.41) is 20.0. The average Bonchev–Trinajstić information content (AvgIpc) is 2.37. The topological polar surface area (TPSA) is 110 Å². The van der Waals surface area contributed by atoms with Gasteiger partial charge >= 0.3 is 0 Å². The van der Waals surface area contributed by atoms with Gasteiger partial charge in [0.15, 0.2) is 0 Å². The number of nitrogen functional groups attached to an aromatic ring is 1. The van der Waals surface area contributed by atoms with Crippen molar-refractivity contribution in [1.82, 2.24) is 4.90 Å². The van der Waals surface area contributed by atoms with E-state index in [0.717, 1.165) is 6.07 Å². The number of amides is 1. The maximum atomic E-state index is 12.2. The first-order valence-electron chi connectivity index (χ1n) is 5.63. The smallest absolute Gasteiger partial charge is 0.292 e. The number of aliphatic hydroxyl groups excluding tert-OH is 1. The Labute approximate surface area is 110 Å². The number of likely N-dealkylation sites (N-methyl/N-ethyl adjacent to an activating group) is 1. The molecule has 0 heterocycles. The third kappa shape index (κ3) is 3.00. The van der Waals surface area contributed by atoms with Crippen molar-refractivity contribution in [2.24, 2.45) is 0 Å². The zero-order chi connectivity index (χ0) is 14.8. The second-order valence-corrected chi connectivity index (χ2v) is 4.87. The van der Waals surface area contributed by atoms with Gasteiger partial charge in [0.2, 0.25) is 0 Å². The first kappa shape index (κ1) is 14.9. The van der Waals surface area contributed by atoms with Gasteiger partial charge < -0.3 is 15.7 Å². The molecule has 0 aliphatic carbocycles. The Balaban J connectivity index is 3.14. The van der Waals surface area contributed by atoms with Crippen molar-refractivity contribution in [2.45, 2.75) is 19.4 Å². The summed E-state index contributed by atoms with van der Waals surface area (Å²) in [4.78, 5) is 23.7. The fraction of sp³-hybridized carbons (Fsp3) is 0.417. The highest BCUT2D eigenvalue weighted by Gasteiger charge is 2.28. The van der Waals surface area contributed by atoms with Crippen molar-refractivity contribution in [3.05, 3.63) is 33.9 Å². The number of hydrogen-bond donors (Lipinski definition) is 2. The minimum atomic E-state index is -0.757. The first-order chi connectivity index (χ1) is 8.70. The first-order valence-corrected chi connectivity index (χ1v) is 5.63. The molecule has 0 saturated heterocycles. The third-order valence-corrected chi connectivity index (χ3v) is 3.07. The Kier molecular flexibility index (Phi) is 4.10. The van der Waals surface area contributed by atoms with E-state index >= 15 is 0 Å². The van der Waals surface area contributed by atoms with Gasteiger partial charge in [0.05, 0.1) is 17.1 Å². The predicted molar refractivity (Wildman–Crippen MR) is 70.8 cm³/mol. The maximum Gasteiger partial charge on any atom is 0.292 e. The van der Waals surface area contributed by atoms with Crippen LogP contribution in [0.1, 0.15) is 24.2 Å². The number of carbonyl (C=O) groups excluding carboxylic acids is 1. The van der Waals surface area contributed by atoms with E-state index in [0.29, 0.717) is 0 Å². The van der Waals surface area contributed by atoms with E-state index < -0.39 is 16.4 Å². The number of carbonyl (C=O) groups is 1. The maximum absolute atomic E-state index is 12.2. The van der Waals surface area contributed by atoms with Crippen LogP contribution in [0.2, 0.25) is 0 Å². The van der Waals surface area contributed by atoms with Crippen LogP contribution in [0.15, 0.2) is 18.2 Å². The summed E-state index contributed by atoms with van der Waals surface area (Å²) in [6, 6.07) is 3.89. The Morgan fingerprint density at radius 1 is 1.53 bits per heavy atom. The highest BCUT2D eigenvalue weighted by molar-refractivity contribution is 5.96. The largest absolute Gasteiger partial charge is 0.394 e. The van der Waals surface area contributed by atoms with E-state index in [9.17, 15) is 20.0 Å². The lowest BCUT2D eigenvalue weighted by Crippen LogP contribution is -2.47. The van der Waals surface area contributed by atoms with E-state index in [1.165, 1.54) is 24.1 Å². The van der Waals surface area contributed by atoms with Crippen molar-refractivity contribution in [3.8, 4) is 0 Å². The average molecular weight is 267 g/mol. The molecule has 1 rings (SSSR count). The van der Waals surface area contributed by atoms with Crippen LogP contribution in [-0.4, -0.2) is 40.0 Å². The van der Waals surface area contributed by atoms with Crippen LogP contribution < -0.4 is 5.73 Å². The Hall–Kier alpha value is -2.15. The molecule has 0 aliphatic rings. The molecule has 1 amide bonds. The summed E-state index contributed by atoms with van der Waals surface area (Å²) < 4.78 is 0. The molecule has 7 nitrogen and oxygen atoms in total. The zero-order valence-electron chi connectivity index (χ0n) is 11.1. The number of aliphatic hydroxyl groups is 1. The molecular weight excluding hydrogens is 250 g/mol. The van der Waals surface area contributed by atoms with Gasteiger partial charge in [-0.1, -0.05) is 0 Å². The van der Waals surface area contributed by atoms with Crippen molar-refractivity contribution in [1.29, 1.82) is 0 Å². The van der Waals surface area contributed by atoms with E-state index in [-0.39, 0.29) is 23.5 Å². The van der Waals surface area contributed by atoms with Crippen LogP contribution in [-0.2, 0) is 0 Å². The minimum absolute atomic E-state index is 0.00521. The van der Waals surface area contributed by atoms with Gasteiger partial charge in [-0.2, -0.15) is 0 Å². The van der Waals surface area contributed by atoms with E-state index in [2.05, 4.69) is 0 Å². The van der Waals surface area contributed by atoms with Crippen LogP contribution >= 0.6 is 0 Å². The number of nitro benzene ring substituents is 1. The van der Waals surface area contributed by atoms with Crippen molar-refractivity contribution in [2.75, 3.05) is 19.4 Å². The minimum Gasteiger partial charge on any atom is -0.394 e. The van der Waals surface area contributed by atoms with Gasteiger partial charge in [0.1, 0.15) is 5.69 Å². The summed E-state index contributed by atoms with van der Waals surface area (Å²) in [5.74, 6) is -0.415. The number of nitro groups is 1. The van der Waals surface area contributed by atoms with Crippen molar-refractivity contribution in [3.63, 3.8) is 0 Å².